The highest BCUT2D eigenvalue weighted by atomic mass is 16.5. The first-order valence-electron chi connectivity index (χ1n) is 8.04. The van der Waals surface area contributed by atoms with Crippen LogP contribution in [0.25, 0.3) is 0 Å². The van der Waals surface area contributed by atoms with Gasteiger partial charge >= 0.3 is 11.9 Å². The number of hydrogen-bond acceptors (Lipinski definition) is 4. The molecular formula is C16H28O4. The van der Waals surface area contributed by atoms with E-state index in [1.54, 1.807) is 0 Å². The molecule has 1 aliphatic rings. The molecule has 1 rings (SSSR count). The summed E-state index contributed by atoms with van der Waals surface area (Å²) in [5, 5.41) is 0. The van der Waals surface area contributed by atoms with Gasteiger partial charge < -0.3 is 9.47 Å². The Kier molecular flexibility index (Phi) is 8.31. The normalized spacial score (nSPS) is 22.3. The summed E-state index contributed by atoms with van der Waals surface area (Å²) in [5.41, 5.74) is 0. The van der Waals surface area contributed by atoms with E-state index in [1.165, 1.54) is 0 Å². The molecule has 2 atom stereocenters. The molecule has 4 nitrogen and oxygen atoms in total. The van der Waals surface area contributed by atoms with E-state index in [4.69, 9.17) is 9.47 Å². The lowest BCUT2D eigenvalue weighted by atomic mass is 9.79. The minimum atomic E-state index is -0.297. The third-order valence-electron chi connectivity index (χ3n) is 3.86. The molecule has 0 aromatic heterocycles. The van der Waals surface area contributed by atoms with Crippen molar-refractivity contribution in [2.24, 2.45) is 11.8 Å². The highest BCUT2D eigenvalue weighted by molar-refractivity contribution is 5.82. The Morgan fingerprint density at radius 3 is 1.60 bits per heavy atom. The zero-order valence-electron chi connectivity index (χ0n) is 12.9. The summed E-state index contributed by atoms with van der Waals surface area (Å²) < 4.78 is 10.6. The van der Waals surface area contributed by atoms with E-state index in [-0.39, 0.29) is 23.8 Å². The fourth-order valence-electron chi connectivity index (χ4n) is 2.54. The van der Waals surface area contributed by atoms with Gasteiger partial charge in [-0.1, -0.05) is 39.5 Å². The number of carbonyl (C=O) groups is 2. The van der Waals surface area contributed by atoms with Crippen molar-refractivity contribution in [3.8, 4) is 0 Å². The monoisotopic (exact) mass is 284 g/mol. The van der Waals surface area contributed by atoms with Crippen LogP contribution in [0.2, 0.25) is 0 Å². The van der Waals surface area contributed by atoms with Gasteiger partial charge in [0, 0.05) is 0 Å². The van der Waals surface area contributed by atoms with Gasteiger partial charge in [0.15, 0.2) is 0 Å². The maximum absolute atomic E-state index is 12.1. The van der Waals surface area contributed by atoms with Crippen molar-refractivity contribution in [3.05, 3.63) is 0 Å². The quantitative estimate of drug-likeness (QED) is 0.506. The second kappa shape index (κ2) is 9.78. The topological polar surface area (TPSA) is 52.6 Å². The number of unbranched alkanes of at least 4 members (excludes halogenated alkanes) is 2. The number of esters is 2. The predicted octanol–water partition coefficient (Wildman–Crippen LogP) is 3.48. The molecule has 1 aliphatic carbocycles. The molecular weight excluding hydrogens is 256 g/mol. The summed E-state index contributed by atoms with van der Waals surface area (Å²) >= 11 is 0. The van der Waals surface area contributed by atoms with Gasteiger partial charge in [0.25, 0.3) is 0 Å². The van der Waals surface area contributed by atoms with Crippen molar-refractivity contribution in [3.63, 3.8) is 0 Å². The lowest BCUT2D eigenvalue weighted by Crippen LogP contribution is -2.35. The van der Waals surface area contributed by atoms with E-state index in [0.29, 0.717) is 13.2 Å². The van der Waals surface area contributed by atoms with Crippen LogP contribution in [0.5, 0.6) is 0 Å². The largest absolute Gasteiger partial charge is 0.465 e. The smallest absolute Gasteiger partial charge is 0.309 e. The zero-order chi connectivity index (χ0) is 14.8. The number of ether oxygens (including phenoxy) is 2. The van der Waals surface area contributed by atoms with Gasteiger partial charge in [0.1, 0.15) is 0 Å². The predicted molar refractivity (Wildman–Crippen MR) is 77.2 cm³/mol. The summed E-state index contributed by atoms with van der Waals surface area (Å²) in [6.45, 7) is 5.04. The zero-order valence-corrected chi connectivity index (χ0v) is 12.9. The molecule has 0 heterocycles. The fraction of sp³-hybridized carbons (Fsp3) is 0.875. The van der Waals surface area contributed by atoms with Crippen LogP contribution in [0, 0.1) is 11.8 Å². The van der Waals surface area contributed by atoms with Gasteiger partial charge in [-0.25, -0.2) is 0 Å². The Labute approximate surface area is 122 Å². The van der Waals surface area contributed by atoms with E-state index in [9.17, 15) is 9.59 Å². The van der Waals surface area contributed by atoms with Crippen LogP contribution in [0.4, 0.5) is 0 Å². The van der Waals surface area contributed by atoms with E-state index >= 15 is 0 Å². The molecule has 0 aromatic rings. The van der Waals surface area contributed by atoms with Gasteiger partial charge in [0.2, 0.25) is 0 Å². The Bertz CT molecular complexity index is 271. The molecule has 0 bridgehead atoms. The van der Waals surface area contributed by atoms with E-state index < -0.39 is 0 Å². The molecule has 1 saturated carbocycles. The molecule has 116 valence electrons. The fourth-order valence-corrected chi connectivity index (χ4v) is 2.54. The van der Waals surface area contributed by atoms with Crippen LogP contribution >= 0.6 is 0 Å². The third kappa shape index (κ3) is 5.51. The van der Waals surface area contributed by atoms with Gasteiger partial charge in [-0.2, -0.15) is 0 Å². The minimum absolute atomic E-state index is 0.212. The molecule has 0 aromatic carbocycles. The first kappa shape index (κ1) is 17.0. The summed E-state index contributed by atoms with van der Waals surface area (Å²) in [7, 11) is 0. The van der Waals surface area contributed by atoms with E-state index in [2.05, 4.69) is 13.8 Å². The van der Waals surface area contributed by atoms with Crippen molar-refractivity contribution >= 4 is 11.9 Å². The molecule has 4 heteroatoms. The van der Waals surface area contributed by atoms with Crippen molar-refractivity contribution in [2.45, 2.75) is 65.2 Å². The minimum Gasteiger partial charge on any atom is -0.465 e. The average molecular weight is 284 g/mol. The van der Waals surface area contributed by atoms with Gasteiger partial charge in [-0.15, -0.1) is 0 Å². The molecule has 0 aliphatic heterocycles. The number of rotatable bonds is 8. The second-order valence-corrected chi connectivity index (χ2v) is 5.54. The average Bonchev–Trinajstić information content (AvgIpc) is 2.47. The van der Waals surface area contributed by atoms with Crippen molar-refractivity contribution in [1.29, 1.82) is 0 Å². The number of carbonyl (C=O) groups excluding carboxylic acids is 2. The highest BCUT2D eigenvalue weighted by Crippen LogP contribution is 2.32. The van der Waals surface area contributed by atoms with Crippen LogP contribution in [0.1, 0.15) is 65.2 Å². The summed E-state index contributed by atoms with van der Waals surface area (Å²) in [6, 6.07) is 0. The summed E-state index contributed by atoms with van der Waals surface area (Å²) in [4.78, 5) is 24.2. The first-order valence-corrected chi connectivity index (χ1v) is 8.04. The van der Waals surface area contributed by atoms with Gasteiger partial charge in [0.05, 0.1) is 25.0 Å². The Morgan fingerprint density at radius 1 is 0.850 bits per heavy atom. The van der Waals surface area contributed by atoms with Crippen LogP contribution in [0.3, 0.4) is 0 Å². The summed E-state index contributed by atoms with van der Waals surface area (Å²) in [5.74, 6) is -1.02. The first-order chi connectivity index (χ1) is 9.70. The molecule has 0 amide bonds. The van der Waals surface area contributed by atoms with Crippen LogP contribution in [-0.2, 0) is 19.1 Å². The third-order valence-corrected chi connectivity index (χ3v) is 3.86. The standard InChI is InChI=1S/C16H28O4/c1-3-5-11-19-15(17)13-9-7-8-10-14(13)16(18)20-12-6-4-2/h13-14H,3-12H2,1-2H3/t13-,14+. The van der Waals surface area contributed by atoms with E-state index in [0.717, 1.165) is 51.4 Å². The van der Waals surface area contributed by atoms with Crippen molar-refractivity contribution in [1.82, 2.24) is 0 Å². The summed E-state index contributed by atoms with van der Waals surface area (Å²) in [6.07, 6.45) is 7.24. The lowest BCUT2D eigenvalue weighted by Gasteiger charge is -2.28. The molecule has 0 spiro atoms. The van der Waals surface area contributed by atoms with Crippen LogP contribution in [0.15, 0.2) is 0 Å². The van der Waals surface area contributed by atoms with Gasteiger partial charge in [-0.05, 0) is 25.7 Å². The molecule has 20 heavy (non-hydrogen) atoms. The van der Waals surface area contributed by atoms with Crippen molar-refractivity contribution in [2.75, 3.05) is 13.2 Å². The maximum Gasteiger partial charge on any atom is 0.309 e. The SMILES string of the molecule is CCCCOC(=O)[C@H]1CCCC[C@H]1C(=O)OCCCC. The Hall–Kier alpha value is -1.06. The van der Waals surface area contributed by atoms with E-state index in [1.807, 2.05) is 0 Å². The van der Waals surface area contributed by atoms with Crippen molar-refractivity contribution < 1.29 is 19.1 Å². The maximum atomic E-state index is 12.1. The molecule has 0 radical (unpaired) electrons. The van der Waals surface area contributed by atoms with Gasteiger partial charge in [-0.3, -0.25) is 9.59 Å². The number of hydrogen-bond donors (Lipinski definition) is 0. The molecule has 0 unspecified atom stereocenters. The molecule has 0 saturated heterocycles. The van der Waals surface area contributed by atoms with Crippen LogP contribution in [-0.4, -0.2) is 25.2 Å². The molecule has 1 fully saturated rings. The molecule has 0 N–H and O–H groups in total. The van der Waals surface area contributed by atoms with Crippen LogP contribution < -0.4 is 0 Å². The highest BCUT2D eigenvalue weighted by Gasteiger charge is 2.37. The lowest BCUT2D eigenvalue weighted by molar-refractivity contribution is -0.163. The second-order valence-electron chi connectivity index (χ2n) is 5.54. The Balaban J connectivity index is 2.48. The Morgan fingerprint density at radius 2 is 1.25 bits per heavy atom.